The lowest BCUT2D eigenvalue weighted by atomic mass is 10.1. The van der Waals surface area contributed by atoms with Gasteiger partial charge in [0, 0.05) is 18.3 Å². The summed E-state index contributed by atoms with van der Waals surface area (Å²) < 4.78 is 113. The lowest BCUT2D eigenvalue weighted by Gasteiger charge is -2.29. The predicted molar refractivity (Wildman–Crippen MR) is 124 cm³/mol. The molecule has 12 heteroatoms. The van der Waals surface area contributed by atoms with Crippen LogP contribution in [-0.2, 0) is 13.0 Å². The molecule has 0 bridgehead atoms. The van der Waals surface area contributed by atoms with Gasteiger partial charge in [-0.3, -0.25) is 0 Å². The molecule has 0 heterocycles. The van der Waals surface area contributed by atoms with Crippen molar-refractivity contribution in [1.82, 2.24) is 0 Å². The van der Waals surface area contributed by atoms with Crippen LogP contribution < -0.4 is 14.4 Å². The molecule has 4 nitrogen and oxygen atoms in total. The molecule has 0 unspecified atom stereocenters. The van der Waals surface area contributed by atoms with Crippen molar-refractivity contribution >= 4 is 5.69 Å². The van der Waals surface area contributed by atoms with Crippen molar-refractivity contribution in [1.29, 1.82) is 0 Å². The molecule has 1 N–H and O–H groups in total. The molecule has 0 radical (unpaired) electrons. The zero-order chi connectivity index (χ0) is 28.1. The Balaban J connectivity index is 1.89. The van der Waals surface area contributed by atoms with Crippen LogP contribution in [0.4, 0.5) is 40.8 Å². The van der Waals surface area contributed by atoms with Crippen molar-refractivity contribution < 1.29 is 49.7 Å². The molecule has 206 valence electrons. The van der Waals surface area contributed by atoms with Gasteiger partial charge in [-0.2, -0.15) is 35.1 Å². The third-order valence-electron chi connectivity index (χ3n) is 5.34. The van der Waals surface area contributed by atoms with Gasteiger partial charge in [-0.1, -0.05) is 37.3 Å². The van der Waals surface area contributed by atoms with Crippen LogP contribution in [-0.4, -0.2) is 36.2 Å². The summed E-state index contributed by atoms with van der Waals surface area (Å²) in [6.07, 6.45) is -18.4. The molecule has 0 aliphatic rings. The zero-order valence-electron chi connectivity index (χ0n) is 19.9. The molecule has 0 aliphatic heterocycles. The summed E-state index contributed by atoms with van der Waals surface area (Å²) in [6.45, 7) is 0.604. The summed E-state index contributed by atoms with van der Waals surface area (Å²) in [6, 6.07) is 17.2. The Morgan fingerprint density at radius 2 is 1.32 bits per heavy atom. The molecule has 0 saturated carbocycles. The minimum atomic E-state index is -5.97. The summed E-state index contributed by atoms with van der Waals surface area (Å²) in [7, 11) is 0. The van der Waals surface area contributed by atoms with Gasteiger partial charge in [0.25, 0.3) is 0 Å². The minimum Gasteiger partial charge on any atom is -0.457 e. The lowest BCUT2D eigenvalue weighted by Crippen LogP contribution is -2.42. The van der Waals surface area contributed by atoms with Gasteiger partial charge >= 0.3 is 18.5 Å². The Labute approximate surface area is 213 Å². The highest BCUT2D eigenvalue weighted by molar-refractivity contribution is 5.52. The molecule has 1 atom stereocenters. The van der Waals surface area contributed by atoms with E-state index in [9.17, 15) is 40.2 Å². The molecule has 0 spiro atoms. The van der Waals surface area contributed by atoms with Gasteiger partial charge in [0.1, 0.15) is 17.2 Å². The van der Waals surface area contributed by atoms with E-state index < -0.39 is 43.4 Å². The molecule has 0 aromatic heterocycles. The standard InChI is InChI=1S/C26H23F8NO3/c1-2-17-6-3-9-20(12-17)37-21-10-5-8-19(14-21)35(16-23(36)24(27,28)29)15-18-7-4-11-22(13-18)38-26(33,34)25(30,31)32/h3-14,23,36H,2,15-16H2,1H3/t23-/m1/s1. The van der Waals surface area contributed by atoms with Crippen LogP contribution in [0.3, 0.4) is 0 Å². The third kappa shape index (κ3) is 7.73. The Kier molecular flexibility index (Phi) is 8.75. The second-order valence-corrected chi connectivity index (χ2v) is 8.30. The van der Waals surface area contributed by atoms with Gasteiger partial charge < -0.3 is 19.5 Å². The first-order chi connectivity index (χ1) is 17.7. The number of hydrogen-bond donors (Lipinski definition) is 1. The van der Waals surface area contributed by atoms with Crippen molar-refractivity contribution in [3.05, 3.63) is 83.9 Å². The first-order valence-corrected chi connectivity index (χ1v) is 11.3. The predicted octanol–water partition coefficient (Wildman–Crippen LogP) is 7.51. The fourth-order valence-electron chi connectivity index (χ4n) is 3.42. The summed E-state index contributed by atoms with van der Waals surface area (Å²) in [4.78, 5) is 1.09. The van der Waals surface area contributed by atoms with E-state index in [2.05, 4.69) is 4.74 Å². The number of rotatable bonds is 10. The number of alkyl halides is 8. The van der Waals surface area contributed by atoms with E-state index in [1.54, 1.807) is 24.3 Å². The summed E-state index contributed by atoms with van der Waals surface area (Å²) >= 11 is 0. The van der Waals surface area contributed by atoms with E-state index in [1.165, 1.54) is 24.3 Å². The van der Waals surface area contributed by atoms with Crippen LogP contribution in [0.25, 0.3) is 0 Å². The number of hydrogen-bond acceptors (Lipinski definition) is 4. The van der Waals surface area contributed by atoms with Gasteiger partial charge in [-0.05, 0) is 53.9 Å². The van der Waals surface area contributed by atoms with E-state index in [4.69, 9.17) is 4.74 Å². The zero-order valence-corrected chi connectivity index (χ0v) is 19.9. The maximum Gasteiger partial charge on any atom is 0.499 e. The van der Waals surface area contributed by atoms with Crippen LogP contribution in [0.15, 0.2) is 72.8 Å². The quantitative estimate of drug-likeness (QED) is 0.266. The van der Waals surface area contributed by atoms with Gasteiger partial charge in [-0.25, -0.2) is 0 Å². The highest BCUT2D eigenvalue weighted by Crippen LogP contribution is 2.37. The van der Waals surface area contributed by atoms with Gasteiger partial charge in [0.15, 0.2) is 6.10 Å². The number of anilines is 1. The van der Waals surface area contributed by atoms with Crippen molar-refractivity contribution in [2.24, 2.45) is 0 Å². The monoisotopic (exact) mass is 549 g/mol. The highest BCUT2D eigenvalue weighted by Gasteiger charge is 2.61. The number of aliphatic hydroxyl groups excluding tert-OH is 1. The molecule has 0 aliphatic carbocycles. The topological polar surface area (TPSA) is 41.9 Å². The second kappa shape index (κ2) is 11.5. The van der Waals surface area contributed by atoms with Crippen LogP contribution in [0.2, 0.25) is 0 Å². The largest absolute Gasteiger partial charge is 0.499 e. The average molecular weight is 549 g/mol. The SMILES string of the molecule is CCc1cccc(Oc2cccc(N(Cc3cccc(OC(F)(F)C(F)(F)F)c3)C[C@@H](O)C(F)(F)F)c2)c1. The Bertz CT molecular complexity index is 1210. The summed E-state index contributed by atoms with van der Waals surface area (Å²) in [5.74, 6) is -0.0861. The molecule has 38 heavy (non-hydrogen) atoms. The summed E-state index contributed by atoms with van der Waals surface area (Å²) in [5, 5.41) is 9.71. The molecule has 3 aromatic rings. The van der Waals surface area contributed by atoms with Crippen LogP contribution in [0.5, 0.6) is 17.2 Å². The van der Waals surface area contributed by atoms with E-state index in [-0.39, 0.29) is 17.0 Å². The molecule has 3 rings (SSSR count). The smallest absolute Gasteiger partial charge is 0.457 e. The van der Waals surface area contributed by atoms with Crippen molar-refractivity contribution in [3.63, 3.8) is 0 Å². The number of nitrogens with zero attached hydrogens (tertiary/aromatic N) is 1. The maximum absolute atomic E-state index is 13.3. The normalized spacial score (nSPS) is 13.2. The van der Waals surface area contributed by atoms with Crippen LogP contribution >= 0.6 is 0 Å². The van der Waals surface area contributed by atoms with Gasteiger partial charge in [-0.15, -0.1) is 0 Å². The molecule has 0 fully saturated rings. The van der Waals surface area contributed by atoms with E-state index >= 15 is 0 Å². The average Bonchev–Trinajstić information content (AvgIpc) is 2.82. The first-order valence-electron chi connectivity index (χ1n) is 11.3. The fourth-order valence-corrected chi connectivity index (χ4v) is 3.42. The molecule has 0 saturated heterocycles. The van der Waals surface area contributed by atoms with Crippen molar-refractivity contribution in [2.45, 2.75) is 44.5 Å². The Morgan fingerprint density at radius 3 is 1.92 bits per heavy atom. The second-order valence-electron chi connectivity index (χ2n) is 8.30. The minimum absolute atomic E-state index is 0.0526. The molecular weight excluding hydrogens is 526 g/mol. The maximum atomic E-state index is 13.3. The highest BCUT2D eigenvalue weighted by atomic mass is 19.4. The Morgan fingerprint density at radius 1 is 0.763 bits per heavy atom. The van der Waals surface area contributed by atoms with Crippen LogP contribution in [0.1, 0.15) is 18.1 Å². The molecule has 3 aromatic carbocycles. The number of aliphatic hydroxyl groups is 1. The third-order valence-corrected chi connectivity index (χ3v) is 5.34. The van der Waals surface area contributed by atoms with E-state index in [1.807, 2.05) is 13.0 Å². The summed E-state index contributed by atoms with van der Waals surface area (Å²) in [5.41, 5.74) is 1.22. The van der Waals surface area contributed by atoms with Gasteiger partial charge in [0.05, 0.1) is 6.54 Å². The lowest BCUT2D eigenvalue weighted by molar-refractivity contribution is -0.360. The number of ether oxygens (including phenoxy) is 2. The number of aryl methyl sites for hydroxylation is 1. The number of halogens is 8. The first kappa shape index (κ1) is 29.0. The fraction of sp³-hybridized carbons (Fsp3) is 0.308. The van der Waals surface area contributed by atoms with Crippen molar-refractivity contribution in [3.8, 4) is 17.2 Å². The van der Waals surface area contributed by atoms with E-state index in [0.29, 0.717) is 5.75 Å². The van der Waals surface area contributed by atoms with Crippen LogP contribution in [0, 0.1) is 0 Å². The number of benzene rings is 3. The molecular formula is C26H23F8NO3. The Hall–Kier alpha value is -3.54. The van der Waals surface area contributed by atoms with Gasteiger partial charge in [0.2, 0.25) is 0 Å². The molecule has 0 amide bonds. The van der Waals surface area contributed by atoms with Crippen molar-refractivity contribution in [2.75, 3.05) is 11.4 Å². The van der Waals surface area contributed by atoms with E-state index in [0.717, 1.165) is 35.1 Å².